The first-order valence-corrected chi connectivity index (χ1v) is 8.46. The Bertz CT molecular complexity index is 953. The Balaban J connectivity index is 1.56. The molecule has 3 aromatic rings. The molecule has 1 amide bonds. The molecule has 5 nitrogen and oxygen atoms in total. The predicted molar refractivity (Wildman–Crippen MR) is 104 cm³/mol. The van der Waals surface area contributed by atoms with Gasteiger partial charge in [-0.2, -0.15) is 5.10 Å². The van der Waals surface area contributed by atoms with Crippen molar-refractivity contribution in [2.75, 3.05) is 0 Å². The molecule has 0 aliphatic heterocycles. The van der Waals surface area contributed by atoms with Crippen molar-refractivity contribution in [1.29, 1.82) is 0 Å². The molecular weight excluding hydrogens is 364 g/mol. The van der Waals surface area contributed by atoms with Gasteiger partial charge in [-0.25, -0.2) is 10.2 Å². The summed E-state index contributed by atoms with van der Waals surface area (Å²) in [4.78, 5) is 23.9. The van der Waals surface area contributed by atoms with Gasteiger partial charge in [0.1, 0.15) is 5.75 Å². The van der Waals surface area contributed by atoms with Crippen LogP contribution in [-0.4, -0.2) is 18.1 Å². The van der Waals surface area contributed by atoms with Gasteiger partial charge in [-0.1, -0.05) is 29.8 Å². The topological polar surface area (TPSA) is 67.8 Å². The first kappa shape index (κ1) is 18.4. The monoisotopic (exact) mass is 378 g/mol. The molecule has 6 heteroatoms. The van der Waals surface area contributed by atoms with Crippen LogP contribution in [0.4, 0.5) is 0 Å². The van der Waals surface area contributed by atoms with Gasteiger partial charge in [0.2, 0.25) is 0 Å². The third-order valence-electron chi connectivity index (χ3n) is 3.59. The molecule has 0 heterocycles. The smallest absolute Gasteiger partial charge is 0.343 e. The third kappa shape index (κ3) is 5.26. The molecule has 0 bridgehead atoms. The molecule has 0 saturated heterocycles. The summed E-state index contributed by atoms with van der Waals surface area (Å²) in [5.74, 6) is -0.357. The molecule has 0 spiro atoms. The third-order valence-corrected chi connectivity index (χ3v) is 3.84. The van der Waals surface area contributed by atoms with E-state index >= 15 is 0 Å². The molecule has 27 heavy (non-hydrogen) atoms. The normalized spacial score (nSPS) is 10.6. The van der Waals surface area contributed by atoms with E-state index in [-0.39, 0.29) is 5.91 Å². The van der Waals surface area contributed by atoms with Crippen LogP contribution in [0.5, 0.6) is 5.75 Å². The van der Waals surface area contributed by atoms with Gasteiger partial charge in [0.15, 0.2) is 0 Å². The van der Waals surface area contributed by atoms with Crippen LogP contribution in [0.15, 0.2) is 84.0 Å². The number of ether oxygens (including phenoxy) is 1. The second-order valence-electron chi connectivity index (χ2n) is 5.53. The fourth-order valence-electron chi connectivity index (χ4n) is 2.19. The Kier molecular flexibility index (Phi) is 5.97. The second-order valence-corrected chi connectivity index (χ2v) is 5.97. The van der Waals surface area contributed by atoms with E-state index in [2.05, 4.69) is 10.5 Å². The maximum atomic E-state index is 12.1. The molecule has 0 radical (unpaired) electrons. The van der Waals surface area contributed by atoms with Crippen LogP contribution in [-0.2, 0) is 0 Å². The van der Waals surface area contributed by atoms with Crippen molar-refractivity contribution >= 4 is 29.7 Å². The maximum Gasteiger partial charge on any atom is 0.343 e. The molecule has 0 aromatic heterocycles. The van der Waals surface area contributed by atoms with E-state index in [1.165, 1.54) is 6.21 Å². The fraction of sp³-hybridized carbons (Fsp3) is 0. The van der Waals surface area contributed by atoms with Gasteiger partial charge in [-0.05, 0) is 66.2 Å². The lowest BCUT2D eigenvalue weighted by atomic mass is 10.2. The SMILES string of the molecule is O=C(N/N=C\c1ccc(OC(=O)c2ccc(Cl)cc2)cc1)c1ccccc1. The lowest BCUT2D eigenvalue weighted by Gasteiger charge is -2.04. The van der Waals surface area contributed by atoms with Crippen LogP contribution in [0.3, 0.4) is 0 Å². The number of hydrogen-bond donors (Lipinski definition) is 1. The van der Waals surface area contributed by atoms with E-state index in [1.54, 1.807) is 72.8 Å². The number of hydrogen-bond acceptors (Lipinski definition) is 4. The Morgan fingerprint density at radius 3 is 2.19 bits per heavy atom. The summed E-state index contributed by atoms with van der Waals surface area (Å²) in [7, 11) is 0. The number of rotatable bonds is 5. The van der Waals surface area contributed by atoms with E-state index in [4.69, 9.17) is 16.3 Å². The molecule has 0 aliphatic carbocycles. The Morgan fingerprint density at radius 1 is 0.852 bits per heavy atom. The Morgan fingerprint density at radius 2 is 1.52 bits per heavy atom. The van der Waals surface area contributed by atoms with Crippen LogP contribution >= 0.6 is 11.6 Å². The molecule has 0 atom stereocenters. The summed E-state index contributed by atoms with van der Waals surface area (Å²) in [6, 6.07) is 22.0. The number of nitrogens with zero attached hydrogens (tertiary/aromatic N) is 1. The van der Waals surface area contributed by atoms with Gasteiger partial charge >= 0.3 is 5.97 Å². The Labute approximate surface area is 161 Å². The molecule has 0 saturated carbocycles. The summed E-state index contributed by atoms with van der Waals surface area (Å²) in [6.07, 6.45) is 1.51. The average molecular weight is 379 g/mol. The van der Waals surface area contributed by atoms with Crippen molar-refractivity contribution in [2.45, 2.75) is 0 Å². The van der Waals surface area contributed by atoms with Crippen LogP contribution in [0.2, 0.25) is 5.02 Å². The molecule has 1 N–H and O–H groups in total. The van der Waals surface area contributed by atoms with Crippen molar-refractivity contribution in [3.8, 4) is 5.75 Å². The molecule has 3 aromatic carbocycles. The minimum Gasteiger partial charge on any atom is -0.423 e. The molecule has 3 rings (SSSR count). The van der Waals surface area contributed by atoms with Crippen LogP contribution in [0.25, 0.3) is 0 Å². The largest absolute Gasteiger partial charge is 0.423 e. The van der Waals surface area contributed by atoms with Crippen LogP contribution < -0.4 is 10.2 Å². The van der Waals surface area contributed by atoms with Gasteiger partial charge < -0.3 is 4.74 Å². The van der Waals surface area contributed by atoms with Gasteiger partial charge in [0.05, 0.1) is 11.8 Å². The first-order valence-electron chi connectivity index (χ1n) is 8.08. The number of carbonyl (C=O) groups excluding carboxylic acids is 2. The predicted octanol–water partition coefficient (Wildman–Crippen LogP) is 4.32. The number of hydrazone groups is 1. The number of nitrogens with one attached hydrogen (secondary N) is 1. The number of halogens is 1. The lowest BCUT2D eigenvalue weighted by molar-refractivity contribution is 0.0734. The zero-order chi connectivity index (χ0) is 19.1. The minimum atomic E-state index is -0.469. The maximum absolute atomic E-state index is 12.1. The highest BCUT2D eigenvalue weighted by Crippen LogP contribution is 2.15. The number of benzene rings is 3. The summed E-state index contributed by atoms with van der Waals surface area (Å²) in [5, 5.41) is 4.47. The zero-order valence-corrected chi connectivity index (χ0v) is 14.9. The lowest BCUT2D eigenvalue weighted by Crippen LogP contribution is -2.17. The summed E-state index contributed by atoms with van der Waals surface area (Å²) >= 11 is 5.80. The molecule has 0 aliphatic rings. The van der Waals surface area contributed by atoms with Crippen LogP contribution in [0, 0.1) is 0 Å². The zero-order valence-electron chi connectivity index (χ0n) is 14.1. The summed E-state index contributed by atoms with van der Waals surface area (Å²) < 4.78 is 5.30. The number of esters is 1. The fourth-order valence-corrected chi connectivity index (χ4v) is 2.32. The molecule has 134 valence electrons. The molecular formula is C21H15ClN2O3. The Hall–Kier alpha value is -3.44. The molecule has 0 unspecified atom stereocenters. The highest BCUT2D eigenvalue weighted by molar-refractivity contribution is 6.30. The van der Waals surface area contributed by atoms with Crippen LogP contribution in [0.1, 0.15) is 26.3 Å². The standard InChI is InChI=1S/C21H15ClN2O3/c22-18-10-8-17(9-11-18)21(26)27-19-12-6-15(7-13-19)14-23-24-20(25)16-4-2-1-3-5-16/h1-14H,(H,24,25)/b23-14-. The first-order chi connectivity index (χ1) is 13.1. The van der Waals surface area contributed by atoms with E-state index in [1.807, 2.05) is 6.07 Å². The second kappa shape index (κ2) is 8.78. The van der Waals surface area contributed by atoms with Gasteiger partial charge in [-0.3, -0.25) is 4.79 Å². The van der Waals surface area contributed by atoms with E-state index in [0.717, 1.165) is 5.56 Å². The highest BCUT2D eigenvalue weighted by atomic mass is 35.5. The van der Waals surface area contributed by atoms with Crippen molar-refractivity contribution in [2.24, 2.45) is 5.10 Å². The molecule has 0 fully saturated rings. The summed E-state index contributed by atoms with van der Waals surface area (Å²) in [5.41, 5.74) is 4.14. The van der Waals surface area contributed by atoms with Crippen molar-refractivity contribution in [3.05, 3.63) is 101 Å². The highest BCUT2D eigenvalue weighted by Gasteiger charge is 2.08. The van der Waals surface area contributed by atoms with Gasteiger partial charge in [0.25, 0.3) is 5.91 Å². The van der Waals surface area contributed by atoms with Crippen molar-refractivity contribution < 1.29 is 14.3 Å². The van der Waals surface area contributed by atoms with E-state index in [9.17, 15) is 9.59 Å². The minimum absolute atomic E-state index is 0.291. The van der Waals surface area contributed by atoms with Crippen molar-refractivity contribution in [1.82, 2.24) is 5.43 Å². The van der Waals surface area contributed by atoms with E-state index < -0.39 is 5.97 Å². The quantitative estimate of drug-likeness (QED) is 0.311. The van der Waals surface area contributed by atoms with E-state index in [0.29, 0.717) is 21.9 Å². The average Bonchev–Trinajstić information content (AvgIpc) is 2.70. The number of carbonyl (C=O) groups is 2. The number of amides is 1. The van der Waals surface area contributed by atoms with Crippen molar-refractivity contribution in [3.63, 3.8) is 0 Å². The van der Waals surface area contributed by atoms with Gasteiger partial charge in [-0.15, -0.1) is 0 Å². The summed E-state index contributed by atoms with van der Waals surface area (Å²) in [6.45, 7) is 0. The van der Waals surface area contributed by atoms with Gasteiger partial charge in [0, 0.05) is 10.6 Å².